The molecule has 1 unspecified atom stereocenters. The Labute approximate surface area is 277 Å². The molecule has 0 spiro atoms. The molecule has 3 aromatic heterocycles. The van der Waals surface area contributed by atoms with E-state index in [0.29, 0.717) is 47.1 Å². The minimum Gasteiger partial charge on any atom is -0.479 e. The number of likely N-dealkylation sites (tertiary alicyclic amines) is 1. The summed E-state index contributed by atoms with van der Waals surface area (Å²) in [5.74, 6) is -0.0930. The lowest BCUT2D eigenvalue weighted by Crippen LogP contribution is -2.47. The molecule has 1 aliphatic heterocycles. The number of rotatable bonds is 9. The molecular formula is C33H47F2N7O4S. The van der Waals surface area contributed by atoms with Gasteiger partial charge in [0.2, 0.25) is 0 Å². The Morgan fingerprint density at radius 1 is 1.17 bits per heavy atom. The van der Waals surface area contributed by atoms with Crippen molar-refractivity contribution in [1.29, 1.82) is 0 Å². The Morgan fingerprint density at radius 3 is 2.49 bits per heavy atom. The molecule has 4 heterocycles. The number of ether oxygens (including phenoxy) is 2. The lowest BCUT2D eigenvalue weighted by Gasteiger charge is -2.44. The lowest BCUT2D eigenvalue weighted by atomic mass is 10.0. The van der Waals surface area contributed by atoms with Crippen LogP contribution in [-0.4, -0.2) is 84.7 Å². The summed E-state index contributed by atoms with van der Waals surface area (Å²) in [6.45, 7) is 13.9. The van der Waals surface area contributed by atoms with E-state index in [1.54, 1.807) is 49.9 Å². The van der Waals surface area contributed by atoms with E-state index in [4.69, 9.17) is 19.4 Å². The van der Waals surface area contributed by atoms with Crippen molar-refractivity contribution in [3.8, 4) is 17.0 Å². The van der Waals surface area contributed by atoms with E-state index in [1.165, 1.54) is 17.2 Å². The zero-order valence-electron chi connectivity index (χ0n) is 28.7. The average molecular weight is 676 g/mol. The summed E-state index contributed by atoms with van der Waals surface area (Å²) in [6, 6.07) is 4.04. The van der Waals surface area contributed by atoms with Crippen LogP contribution in [-0.2, 0) is 8.92 Å². The molecule has 14 heteroatoms. The summed E-state index contributed by atoms with van der Waals surface area (Å²) in [7, 11) is -1.52. The van der Waals surface area contributed by atoms with Gasteiger partial charge in [0.1, 0.15) is 41.3 Å². The molecule has 0 radical (unpaired) electrons. The van der Waals surface area contributed by atoms with Gasteiger partial charge < -0.3 is 24.3 Å². The van der Waals surface area contributed by atoms with Gasteiger partial charge >= 0.3 is 6.09 Å². The fourth-order valence-electron chi connectivity index (χ4n) is 4.80. The van der Waals surface area contributed by atoms with Crippen LogP contribution in [0, 0.1) is 12.7 Å². The highest BCUT2D eigenvalue weighted by Gasteiger charge is 2.36. The minimum absolute atomic E-state index is 0.100. The number of carbonyl (C=O) groups excluding carboxylic acids is 1. The molecule has 0 bridgehead atoms. The lowest BCUT2D eigenvalue weighted by molar-refractivity contribution is 0.00546. The fraction of sp³-hybridized carbons (Fsp3) is 0.545. The van der Waals surface area contributed by atoms with Crippen molar-refractivity contribution in [2.45, 2.75) is 83.6 Å². The molecule has 0 aromatic carbocycles. The Morgan fingerprint density at radius 2 is 1.89 bits per heavy atom. The first-order valence-corrected chi connectivity index (χ1v) is 17.9. The van der Waals surface area contributed by atoms with Gasteiger partial charge in [0.05, 0.1) is 30.2 Å². The first-order valence-electron chi connectivity index (χ1n) is 15.5. The van der Waals surface area contributed by atoms with Gasteiger partial charge in [-0.2, -0.15) is 0 Å². The van der Waals surface area contributed by atoms with Gasteiger partial charge in [-0.3, -0.25) is 9.97 Å². The van der Waals surface area contributed by atoms with Crippen LogP contribution in [0.15, 0.2) is 36.8 Å². The topological polar surface area (TPSA) is 131 Å². The second kappa shape index (κ2) is 14.1. The fourth-order valence-corrected chi connectivity index (χ4v) is 5.61. The summed E-state index contributed by atoms with van der Waals surface area (Å²) in [4.78, 5) is 22.8. The maximum absolute atomic E-state index is 15.5. The highest BCUT2D eigenvalue weighted by molar-refractivity contribution is 8.29. The molecule has 1 saturated heterocycles. The maximum atomic E-state index is 15.5. The predicted octanol–water partition coefficient (Wildman–Crippen LogP) is 6.55. The molecule has 3 atom stereocenters. The van der Waals surface area contributed by atoms with Gasteiger partial charge in [-0.1, -0.05) is 26.0 Å². The van der Waals surface area contributed by atoms with Crippen molar-refractivity contribution >= 4 is 22.5 Å². The number of aromatic nitrogens is 5. The zero-order valence-corrected chi connectivity index (χ0v) is 29.5. The number of nitrogens with zero attached hydrogens (tertiary/aromatic N) is 6. The van der Waals surface area contributed by atoms with Crippen LogP contribution in [0.2, 0.25) is 0 Å². The minimum atomic E-state index is -1.52. The number of carbonyl (C=O) groups is 1. The van der Waals surface area contributed by atoms with Crippen molar-refractivity contribution in [1.82, 2.24) is 29.9 Å². The largest absolute Gasteiger partial charge is 0.479 e. The van der Waals surface area contributed by atoms with Crippen molar-refractivity contribution in [2.24, 2.45) is 5.73 Å². The maximum Gasteiger partial charge on any atom is 0.410 e. The van der Waals surface area contributed by atoms with Crippen molar-refractivity contribution < 1.29 is 27.2 Å². The first-order chi connectivity index (χ1) is 21.9. The van der Waals surface area contributed by atoms with Crippen molar-refractivity contribution in [2.75, 3.05) is 32.2 Å². The molecule has 258 valence electrons. The summed E-state index contributed by atoms with van der Waals surface area (Å²) in [5, 5.41) is 8.69. The zero-order chi connectivity index (χ0) is 34.7. The highest BCUT2D eigenvalue weighted by atomic mass is 32.3. The number of amides is 1. The van der Waals surface area contributed by atoms with E-state index in [-0.39, 0.29) is 17.9 Å². The Bertz CT molecular complexity index is 1570. The van der Waals surface area contributed by atoms with E-state index in [9.17, 15) is 9.18 Å². The number of pyridine rings is 2. The number of halogens is 2. The second-order valence-corrected chi connectivity index (χ2v) is 17.8. The van der Waals surface area contributed by atoms with Gasteiger partial charge in [-0.05, 0) is 77.1 Å². The second-order valence-electron chi connectivity index (χ2n) is 13.9. The molecule has 4 rings (SSSR count). The van der Waals surface area contributed by atoms with Crippen LogP contribution in [0.3, 0.4) is 0 Å². The SMILES string of the molecule is Cc1c(-c2cnc(/C=C\N)c(OC(COS(C)(C)C(C)(C)C)c3ccc(F)cn3)c2)nnn1[C@@H]1CCN(C(=O)OC(C)(C)C)C[C@@H]1F. The standard InChI is InChI=1S/C33H47F2N7O4S/c1-21-30(39-40-42(21)27-13-15-41(19-24(27)35)31(43)46-32(2,3)4)22-16-28(26(12-14-36)37-17-22)45-29(25-11-10-23(34)18-38-25)20-44-47(8,9)33(5,6)7/h10-12,14,16-18,24,27,29H,13,15,19-20,36H2,1-9H3/b14-12-/t24-,27+,29?/m0/s1. The molecule has 47 heavy (non-hydrogen) atoms. The van der Waals surface area contributed by atoms with Crippen LogP contribution in [0.1, 0.15) is 77.2 Å². The molecule has 0 aliphatic carbocycles. The van der Waals surface area contributed by atoms with Gasteiger partial charge in [-0.15, -0.1) is 15.4 Å². The Balaban J connectivity index is 1.62. The quantitative estimate of drug-likeness (QED) is 0.268. The highest BCUT2D eigenvalue weighted by Crippen LogP contribution is 2.54. The third-order valence-electron chi connectivity index (χ3n) is 8.15. The molecule has 1 fully saturated rings. The molecule has 11 nitrogen and oxygen atoms in total. The van der Waals surface area contributed by atoms with E-state index in [0.717, 1.165) is 6.20 Å². The summed E-state index contributed by atoms with van der Waals surface area (Å²) >= 11 is 0. The van der Waals surface area contributed by atoms with Gasteiger partial charge in [0.25, 0.3) is 0 Å². The molecule has 1 amide bonds. The smallest absolute Gasteiger partial charge is 0.410 e. The molecule has 3 aromatic rings. The molecule has 1 aliphatic rings. The van der Waals surface area contributed by atoms with Crippen LogP contribution in [0.5, 0.6) is 5.75 Å². The third-order valence-corrected chi connectivity index (χ3v) is 11.8. The van der Waals surface area contributed by atoms with Gasteiger partial charge in [0, 0.05) is 23.1 Å². The van der Waals surface area contributed by atoms with E-state index >= 15 is 4.39 Å². The normalized spacial score (nSPS) is 18.7. The van der Waals surface area contributed by atoms with Crippen LogP contribution >= 0.6 is 10.3 Å². The van der Waals surface area contributed by atoms with E-state index in [1.807, 2.05) is 6.92 Å². The summed E-state index contributed by atoms with van der Waals surface area (Å²) < 4.78 is 49.1. The molecule has 2 N–H and O–H groups in total. The van der Waals surface area contributed by atoms with Crippen molar-refractivity contribution in [3.63, 3.8) is 0 Å². The number of hydrogen-bond acceptors (Lipinski definition) is 9. The van der Waals surface area contributed by atoms with E-state index < -0.39 is 46.1 Å². The Kier molecular flexibility index (Phi) is 10.9. The van der Waals surface area contributed by atoms with Crippen LogP contribution in [0.25, 0.3) is 17.3 Å². The summed E-state index contributed by atoms with van der Waals surface area (Å²) in [6.07, 6.45) is 7.62. The summed E-state index contributed by atoms with van der Waals surface area (Å²) in [5.41, 5.74) is 7.72. The van der Waals surface area contributed by atoms with Gasteiger partial charge in [-0.25, -0.2) is 18.3 Å². The monoisotopic (exact) mass is 675 g/mol. The number of alkyl halides is 1. The van der Waals surface area contributed by atoms with Crippen LogP contribution < -0.4 is 10.5 Å². The molecule has 0 saturated carbocycles. The number of hydrogen-bond donors (Lipinski definition) is 1. The van der Waals surface area contributed by atoms with E-state index in [2.05, 4.69) is 53.6 Å². The predicted molar refractivity (Wildman–Crippen MR) is 180 cm³/mol. The van der Waals surface area contributed by atoms with Crippen molar-refractivity contribution in [3.05, 3.63) is 59.7 Å². The van der Waals surface area contributed by atoms with Gasteiger partial charge in [0.15, 0.2) is 6.10 Å². The van der Waals surface area contributed by atoms with Crippen LogP contribution in [0.4, 0.5) is 13.6 Å². The first kappa shape index (κ1) is 36.1. The number of nitrogens with two attached hydrogens (primary N) is 1. The Hall–Kier alpha value is -3.78. The average Bonchev–Trinajstić information content (AvgIpc) is 3.35. The molecular weight excluding hydrogens is 628 g/mol. The third kappa shape index (κ3) is 8.78. The number of piperidine rings is 1.